The Morgan fingerprint density at radius 2 is 1.97 bits per heavy atom. The van der Waals surface area contributed by atoms with Gasteiger partial charge in [-0.05, 0) is 66.6 Å². The van der Waals surface area contributed by atoms with Gasteiger partial charge in [-0.15, -0.1) is 5.10 Å². The molecule has 10 heteroatoms. The number of ether oxygens (including phenoxy) is 1. The number of carbonyl (C=O) groups excluding carboxylic acids is 1. The minimum Gasteiger partial charge on any atom is -0.462 e. The van der Waals surface area contributed by atoms with Crippen molar-refractivity contribution >= 4 is 21.7 Å². The molecule has 0 saturated heterocycles. The SMILES string of the molecule is CCOC(=O)c1ccc(S(=O)(=O)Nc2cccc(-c3nnnn3C3CC3)c2)cc1. The molecular weight excluding hydrogens is 394 g/mol. The van der Waals surface area contributed by atoms with Crippen LogP contribution >= 0.6 is 0 Å². The third-order valence-corrected chi connectivity index (χ3v) is 5.83. The van der Waals surface area contributed by atoms with E-state index in [4.69, 9.17) is 4.74 Å². The van der Waals surface area contributed by atoms with Crippen LogP contribution in [0, 0.1) is 0 Å². The van der Waals surface area contributed by atoms with Crippen molar-refractivity contribution in [1.29, 1.82) is 0 Å². The molecule has 0 radical (unpaired) electrons. The highest BCUT2D eigenvalue weighted by Crippen LogP contribution is 2.36. The first-order chi connectivity index (χ1) is 14.0. The summed E-state index contributed by atoms with van der Waals surface area (Å²) < 4.78 is 34.7. The molecule has 4 rings (SSSR count). The van der Waals surface area contributed by atoms with Crippen molar-refractivity contribution in [2.45, 2.75) is 30.7 Å². The number of rotatable bonds is 7. The summed E-state index contributed by atoms with van der Waals surface area (Å²) in [6.45, 7) is 1.96. The highest BCUT2D eigenvalue weighted by molar-refractivity contribution is 7.92. The van der Waals surface area contributed by atoms with E-state index in [9.17, 15) is 13.2 Å². The molecule has 1 aliphatic carbocycles. The first-order valence-corrected chi connectivity index (χ1v) is 10.6. The van der Waals surface area contributed by atoms with Crippen molar-refractivity contribution in [3.05, 3.63) is 54.1 Å². The molecule has 2 aromatic carbocycles. The summed E-state index contributed by atoms with van der Waals surface area (Å²) in [7, 11) is -3.83. The Morgan fingerprint density at radius 1 is 1.21 bits per heavy atom. The van der Waals surface area contributed by atoms with Crippen molar-refractivity contribution in [3.63, 3.8) is 0 Å². The fraction of sp³-hybridized carbons (Fsp3) is 0.263. The van der Waals surface area contributed by atoms with Crippen LogP contribution in [-0.2, 0) is 14.8 Å². The molecule has 0 unspecified atom stereocenters. The van der Waals surface area contributed by atoms with Gasteiger partial charge in [0.05, 0.1) is 23.1 Å². The number of benzene rings is 2. The molecule has 150 valence electrons. The average Bonchev–Trinajstić information content (AvgIpc) is 3.44. The van der Waals surface area contributed by atoms with Crippen molar-refractivity contribution in [2.24, 2.45) is 0 Å². The number of esters is 1. The molecule has 3 aromatic rings. The number of nitrogens with zero attached hydrogens (tertiary/aromatic N) is 4. The normalized spacial score (nSPS) is 13.8. The number of tetrazole rings is 1. The molecule has 1 aromatic heterocycles. The van der Waals surface area contributed by atoms with E-state index >= 15 is 0 Å². The second kappa shape index (κ2) is 7.63. The summed E-state index contributed by atoms with van der Waals surface area (Å²) in [5.41, 5.74) is 1.40. The minimum atomic E-state index is -3.83. The van der Waals surface area contributed by atoms with Gasteiger partial charge in [0.1, 0.15) is 0 Å². The molecule has 0 spiro atoms. The molecule has 1 aliphatic rings. The maximum absolute atomic E-state index is 12.7. The van der Waals surface area contributed by atoms with E-state index in [2.05, 4.69) is 20.2 Å². The van der Waals surface area contributed by atoms with Crippen LogP contribution in [0.1, 0.15) is 36.2 Å². The summed E-state index contributed by atoms with van der Waals surface area (Å²) in [6.07, 6.45) is 2.07. The van der Waals surface area contributed by atoms with Crippen LogP contribution < -0.4 is 4.72 Å². The van der Waals surface area contributed by atoms with Gasteiger partial charge in [-0.3, -0.25) is 4.72 Å². The lowest BCUT2D eigenvalue weighted by Crippen LogP contribution is -2.13. The second-order valence-corrected chi connectivity index (χ2v) is 8.29. The first kappa shape index (κ1) is 19.1. The van der Waals surface area contributed by atoms with Gasteiger partial charge in [0, 0.05) is 11.3 Å². The van der Waals surface area contributed by atoms with Gasteiger partial charge in [0.15, 0.2) is 5.82 Å². The van der Waals surface area contributed by atoms with Crippen LogP contribution in [0.3, 0.4) is 0 Å². The minimum absolute atomic E-state index is 0.0405. The van der Waals surface area contributed by atoms with Crippen molar-refractivity contribution in [2.75, 3.05) is 11.3 Å². The van der Waals surface area contributed by atoms with Gasteiger partial charge in [0.2, 0.25) is 0 Å². The predicted molar refractivity (Wildman–Crippen MR) is 105 cm³/mol. The smallest absolute Gasteiger partial charge is 0.338 e. The maximum atomic E-state index is 12.7. The van der Waals surface area contributed by atoms with Crippen LogP contribution in [0.4, 0.5) is 5.69 Å². The van der Waals surface area contributed by atoms with E-state index in [1.807, 2.05) is 6.07 Å². The lowest BCUT2D eigenvalue weighted by molar-refractivity contribution is 0.0526. The zero-order chi connectivity index (χ0) is 20.4. The monoisotopic (exact) mass is 413 g/mol. The summed E-state index contributed by atoms with van der Waals surface area (Å²) in [4.78, 5) is 11.8. The Hall–Kier alpha value is -3.27. The number of aromatic nitrogens is 4. The zero-order valence-corrected chi connectivity index (χ0v) is 16.5. The summed E-state index contributed by atoms with van der Waals surface area (Å²) in [6, 6.07) is 12.8. The Labute approximate surface area is 167 Å². The van der Waals surface area contributed by atoms with Gasteiger partial charge >= 0.3 is 5.97 Å². The second-order valence-electron chi connectivity index (χ2n) is 6.61. The zero-order valence-electron chi connectivity index (χ0n) is 15.6. The Balaban J connectivity index is 1.55. The largest absolute Gasteiger partial charge is 0.462 e. The lowest BCUT2D eigenvalue weighted by atomic mass is 10.2. The van der Waals surface area contributed by atoms with Gasteiger partial charge in [0.25, 0.3) is 10.0 Å². The summed E-state index contributed by atoms with van der Waals surface area (Å²) in [5.74, 6) is 0.109. The lowest BCUT2D eigenvalue weighted by Gasteiger charge is -2.10. The van der Waals surface area contributed by atoms with E-state index < -0.39 is 16.0 Å². The van der Waals surface area contributed by atoms with Crippen LogP contribution in [0.15, 0.2) is 53.4 Å². The Kier molecular flexibility index (Phi) is 5.01. The van der Waals surface area contributed by atoms with Crippen LogP contribution in [0.2, 0.25) is 0 Å². The van der Waals surface area contributed by atoms with Gasteiger partial charge in [-0.25, -0.2) is 17.9 Å². The van der Waals surface area contributed by atoms with E-state index in [0.717, 1.165) is 18.4 Å². The van der Waals surface area contributed by atoms with Crippen LogP contribution in [0.5, 0.6) is 0 Å². The quantitative estimate of drug-likeness (QED) is 0.592. The molecule has 0 aliphatic heterocycles. The molecule has 1 heterocycles. The van der Waals surface area contributed by atoms with Crippen LogP contribution in [-0.4, -0.2) is 41.2 Å². The summed E-state index contributed by atoms with van der Waals surface area (Å²) >= 11 is 0. The molecule has 0 amide bonds. The van der Waals surface area contributed by atoms with E-state index in [-0.39, 0.29) is 11.5 Å². The standard InChI is InChI=1S/C19H19N5O4S/c1-2-28-19(25)13-6-10-17(11-7-13)29(26,27)21-15-5-3-4-14(12-15)18-20-22-23-24(18)16-8-9-16/h3-7,10-12,16,21H,2,8-9H2,1H3. The highest BCUT2D eigenvalue weighted by atomic mass is 32.2. The van der Waals surface area contributed by atoms with E-state index in [1.54, 1.807) is 29.8 Å². The van der Waals surface area contributed by atoms with Crippen LogP contribution in [0.25, 0.3) is 11.4 Å². The van der Waals surface area contributed by atoms with E-state index in [0.29, 0.717) is 23.1 Å². The molecular formula is C19H19N5O4S. The number of hydrogen-bond donors (Lipinski definition) is 1. The first-order valence-electron chi connectivity index (χ1n) is 9.16. The molecule has 0 bridgehead atoms. The molecule has 1 saturated carbocycles. The maximum Gasteiger partial charge on any atom is 0.338 e. The van der Waals surface area contributed by atoms with Crippen molar-refractivity contribution in [1.82, 2.24) is 20.2 Å². The van der Waals surface area contributed by atoms with E-state index in [1.165, 1.54) is 24.3 Å². The topological polar surface area (TPSA) is 116 Å². The van der Waals surface area contributed by atoms with Gasteiger partial charge in [-0.1, -0.05) is 12.1 Å². The number of carbonyl (C=O) groups is 1. The molecule has 1 fully saturated rings. The van der Waals surface area contributed by atoms with Gasteiger partial charge in [-0.2, -0.15) is 0 Å². The average molecular weight is 413 g/mol. The third-order valence-electron chi connectivity index (χ3n) is 4.43. The number of hydrogen-bond acceptors (Lipinski definition) is 7. The fourth-order valence-corrected chi connectivity index (χ4v) is 3.92. The summed E-state index contributed by atoms with van der Waals surface area (Å²) in [5, 5.41) is 11.8. The van der Waals surface area contributed by atoms with Crippen molar-refractivity contribution in [3.8, 4) is 11.4 Å². The van der Waals surface area contributed by atoms with Crippen molar-refractivity contribution < 1.29 is 17.9 Å². The third kappa shape index (κ3) is 4.11. The van der Waals surface area contributed by atoms with Gasteiger partial charge < -0.3 is 4.74 Å². The molecule has 9 nitrogen and oxygen atoms in total. The Bertz CT molecular complexity index is 1140. The highest BCUT2D eigenvalue weighted by Gasteiger charge is 2.28. The number of anilines is 1. The number of nitrogens with one attached hydrogen (secondary N) is 1. The molecule has 0 atom stereocenters. The number of sulfonamides is 1. The molecule has 29 heavy (non-hydrogen) atoms. The fourth-order valence-electron chi connectivity index (χ4n) is 2.87. The predicted octanol–water partition coefficient (Wildman–Crippen LogP) is 2.65. The Morgan fingerprint density at radius 3 is 2.66 bits per heavy atom. The molecule has 1 N–H and O–H groups in total.